The first-order valence-corrected chi connectivity index (χ1v) is 16.1. The lowest BCUT2D eigenvalue weighted by molar-refractivity contribution is -0.140. The summed E-state index contributed by atoms with van der Waals surface area (Å²) in [6.07, 6.45) is 12.4. The summed E-state index contributed by atoms with van der Waals surface area (Å²) in [5.74, 6) is -2.88. The van der Waals surface area contributed by atoms with Crippen LogP contribution in [0.1, 0.15) is 79.2 Å². The van der Waals surface area contributed by atoms with Crippen LogP contribution in [0.5, 0.6) is 0 Å². The minimum absolute atomic E-state index is 0.0461. The molecule has 0 aliphatic heterocycles. The van der Waals surface area contributed by atoms with E-state index in [1.807, 2.05) is 78.0 Å². The van der Waals surface area contributed by atoms with E-state index in [9.17, 15) is 19.2 Å². The summed E-state index contributed by atoms with van der Waals surface area (Å²) in [5, 5.41) is 17.0. The van der Waals surface area contributed by atoms with Crippen molar-refractivity contribution in [3.8, 4) is 0 Å². The van der Waals surface area contributed by atoms with Gasteiger partial charge in [-0.2, -0.15) is 0 Å². The van der Waals surface area contributed by atoms with Crippen LogP contribution in [-0.4, -0.2) is 60.5 Å². The topological polar surface area (TPSA) is 136 Å². The monoisotopic (exact) mass is 684 g/mol. The van der Waals surface area contributed by atoms with Crippen molar-refractivity contribution in [1.82, 2.24) is 0 Å². The van der Waals surface area contributed by atoms with Gasteiger partial charge in [0.05, 0.1) is 19.8 Å². The van der Waals surface area contributed by atoms with E-state index in [0.29, 0.717) is 19.6 Å². The molecule has 1 unspecified atom stereocenters. The zero-order valence-electron chi connectivity index (χ0n) is 30.6. The maximum Gasteiger partial charge on any atom is 0.334 e. The lowest BCUT2D eigenvalue weighted by Gasteiger charge is -2.11. The molecule has 0 aliphatic rings. The van der Waals surface area contributed by atoms with Gasteiger partial charge in [-0.3, -0.25) is 0 Å². The molecule has 1 rings (SSSR count). The van der Waals surface area contributed by atoms with Crippen molar-refractivity contribution in [2.45, 2.75) is 73.6 Å². The maximum absolute atomic E-state index is 12.0. The van der Waals surface area contributed by atoms with Crippen molar-refractivity contribution in [1.29, 1.82) is 0 Å². The number of carbonyl (C=O) groups is 4. The Kier molecular flexibility index (Phi) is 39.3. The zero-order valence-corrected chi connectivity index (χ0v) is 30.6. The number of rotatable bonds is 17. The van der Waals surface area contributed by atoms with E-state index in [-0.39, 0.29) is 24.8 Å². The van der Waals surface area contributed by atoms with Gasteiger partial charge in [-0.25, -0.2) is 19.2 Å². The fraction of sp³-hybridized carbons (Fsp3) is 0.400. The number of allylic oxidation sites excluding steroid dienone is 4. The first-order valence-electron chi connectivity index (χ1n) is 16.1. The minimum Gasteiger partial charge on any atom is -0.478 e. The van der Waals surface area contributed by atoms with Crippen molar-refractivity contribution in [2.75, 3.05) is 26.4 Å². The lowest BCUT2D eigenvalue weighted by Crippen LogP contribution is -2.13. The molecule has 0 spiro atoms. The standard InChI is InChI=1S/C19H22O4.C7H12O2.C6H10O3.2C4H8/c1-3-4-14-23-19(22)15(2)17(12-13-18(20)21)11-10-16-8-6-5-7-9-16;1-3-5-6-9-7(8)4-2;1-2-6(8)9-5-3-4-7;2*1-4(2)3/h5-13,17H,2-4,14H2,1H3,(H,20,21);4H,2-3,5-6H2,1H3;2,7H,1,3-5H2;2*1H2,2-3H3. The van der Waals surface area contributed by atoms with Crippen LogP contribution < -0.4 is 0 Å². The van der Waals surface area contributed by atoms with E-state index in [4.69, 9.17) is 14.9 Å². The summed E-state index contributed by atoms with van der Waals surface area (Å²) >= 11 is 0. The van der Waals surface area contributed by atoms with Crippen LogP contribution in [-0.2, 0) is 33.4 Å². The molecule has 49 heavy (non-hydrogen) atoms. The molecule has 0 radical (unpaired) electrons. The van der Waals surface area contributed by atoms with Crippen molar-refractivity contribution in [3.05, 3.63) is 116 Å². The molecule has 1 atom stereocenters. The van der Waals surface area contributed by atoms with Crippen LogP contribution in [0.4, 0.5) is 0 Å². The van der Waals surface area contributed by atoms with E-state index in [1.165, 1.54) is 23.3 Å². The number of ether oxygens (including phenoxy) is 3. The molecule has 0 bridgehead atoms. The third-order valence-corrected chi connectivity index (χ3v) is 4.76. The van der Waals surface area contributed by atoms with Crippen LogP contribution in [0, 0.1) is 5.92 Å². The second kappa shape index (κ2) is 37.7. The molecular formula is C40H60O9. The van der Waals surface area contributed by atoms with Crippen LogP contribution >= 0.6 is 0 Å². The Morgan fingerprint density at radius 1 is 0.735 bits per heavy atom. The predicted octanol–water partition coefficient (Wildman–Crippen LogP) is 8.63. The number of unbranched alkanes of at least 4 members (excludes halogenated alkanes) is 2. The van der Waals surface area contributed by atoms with Gasteiger partial charge in [0.2, 0.25) is 0 Å². The van der Waals surface area contributed by atoms with Gasteiger partial charge < -0.3 is 24.4 Å². The molecule has 0 fully saturated rings. The molecule has 9 nitrogen and oxygen atoms in total. The average Bonchev–Trinajstić information content (AvgIpc) is 3.05. The molecule has 0 amide bonds. The fourth-order valence-corrected chi connectivity index (χ4v) is 2.47. The van der Waals surface area contributed by atoms with Gasteiger partial charge in [0.1, 0.15) is 0 Å². The highest BCUT2D eigenvalue weighted by atomic mass is 16.5. The number of aliphatic hydroxyl groups is 1. The Bertz CT molecular complexity index is 1120. The molecule has 9 heteroatoms. The second-order valence-electron chi connectivity index (χ2n) is 10.6. The summed E-state index contributed by atoms with van der Waals surface area (Å²) in [6.45, 7) is 30.4. The number of benzene rings is 1. The number of carbonyl (C=O) groups excluding carboxylic acids is 3. The van der Waals surface area contributed by atoms with Crippen LogP contribution in [0.3, 0.4) is 0 Å². The normalized spacial score (nSPS) is 10.0. The Hall–Kier alpha value is -4.76. The van der Waals surface area contributed by atoms with Gasteiger partial charge in [-0.05, 0) is 46.1 Å². The van der Waals surface area contributed by atoms with Crippen molar-refractivity contribution < 1.29 is 43.6 Å². The number of hydrogen-bond acceptors (Lipinski definition) is 8. The Morgan fingerprint density at radius 2 is 1.16 bits per heavy atom. The third kappa shape index (κ3) is 45.4. The highest BCUT2D eigenvalue weighted by Crippen LogP contribution is 2.17. The van der Waals surface area contributed by atoms with E-state index < -0.39 is 23.8 Å². The number of carboxylic acids is 1. The summed E-state index contributed by atoms with van der Waals surface area (Å²) in [5.41, 5.74) is 3.50. The Morgan fingerprint density at radius 3 is 1.55 bits per heavy atom. The average molecular weight is 685 g/mol. The summed E-state index contributed by atoms with van der Waals surface area (Å²) in [7, 11) is 0. The fourth-order valence-electron chi connectivity index (χ4n) is 2.47. The first kappa shape index (κ1) is 51.1. The summed E-state index contributed by atoms with van der Waals surface area (Å²) in [6, 6.07) is 9.53. The second-order valence-corrected chi connectivity index (χ2v) is 10.6. The number of aliphatic carboxylic acids is 1. The highest BCUT2D eigenvalue weighted by Gasteiger charge is 2.16. The lowest BCUT2D eigenvalue weighted by atomic mass is 9.98. The predicted molar refractivity (Wildman–Crippen MR) is 201 cm³/mol. The van der Waals surface area contributed by atoms with Crippen molar-refractivity contribution in [2.24, 2.45) is 5.92 Å². The zero-order chi connectivity index (χ0) is 38.5. The molecule has 0 heterocycles. The quantitative estimate of drug-likeness (QED) is 0.0543. The van der Waals surface area contributed by atoms with Gasteiger partial charge >= 0.3 is 23.9 Å². The largest absolute Gasteiger partial charge is 0.478 e. The van der Waals surface area contributed by atoms with Gasteiger partial charge in [0, 0.05) is 42.7 Å². The van der Waals surface area contributed by atoms with Crippen molar-refractivity contribution in [3.63, 3.8) is 0 Å². The highest BCUT2D eigenvalue weighted by molar-refractivity contribution is 5.90. The van der Waals surface area contributed by atoms with E-state index in [0.717, 1.165) is 43.4 Å². The molecule has 1 aromatic rings. The first-order chi connectivity index (χ1) is 23.1. The third-order valence-electron chi connectivity index (χ3n) is 4.76. The van der Waals surface area contributed by atoms with E-state index >= 15 is 0 Å². The summed E-state index contributed by atoms with van der Waals surface area (Å²) in [4.78, 5) is 43.3. The number of esters is 3. The van der Waals surface area contributed by atoms with Crippen LogP contribution in [0.2, 0.25) is 0 Å². The molecule has 1 aromatic carbocycles. The number of aliphatic hydroxyl groups excluding tert-OH is 1. The van der Waals surface area contributed by atoms with Gasteiger partial charge in [-0.15, -0.1) is 13.2 Å². The SMILES string of the molecule is C=C(C(=O)OCCCC)C(C=CC(=O)O)C=Cc1ccccc1.C=C(C)C.C=C(C)C.C=CC(=O)OCCCC.C=CC(=O)OCCCO. The molecule has 0 saturated heterocycles. The Labute approximate surface area is 295 Å². The minimum atomic E-state index is -1.07. The van der Waals surface area contributed by atoms with E-state index in [2.05, 4.69) is 42.4 Å². The number of hydrogen-bond donors (Lipinski definition) is 2. The molecule has 0 aromatic heterocycles. The van der Waals surface area contributed by atoms with Gasteiger partial charge in [0.15, 0.2) is 0 Å². The van der Waals surface area contributed by atoms with E-state index in [1.54, 1.807) is 6.08 Å². The van der Waals surface area contributed by atoms with Gasteiger partial charge in [0.25, 0.3) is 0 Å². The van der Waals surface area contributed by atoms with Crippen LogP contribution in [0.15, 0.2) is 110 Å². The maximum atomic E-state index is 12.0. The summed E-state index contributed by atoms with van der Waals surface area (Å²) < 4.78 is 14.3. The van der Waals surface area contributed by atoms with Crippen LogP contribution in [0.25, 0.3) is 6.08 Å². The molecule has 2 N–H and O–H groups in total. The smallest absolute Gasteiger partial charge is 0.334 e. The number of carboxylic acid groups (broad SMARTS) is 1. The molecular weight excluding hydrogens is 624 g/mol. The molecule has 0 saturated carbocycles. The Balaban J connectivity index is -0.000000319. The molecule has 0 aliphatic carbocycles. The van der Waals surface area contributed by atoms with Crippen molar-refractivity contribution >= 4 is 30.0 Å². The van der Waals surface area contributed by atoms with Gasteiger partial charge in [-0.1, -0.05) is 106 Å². The molecule has 274 valence electrons.